The van der Waals surface area contributed by atoms with Crippen LogP contribution in [0.2, 0.25) is 0 Å². The van der Waals surface area contributed by atoms with Gasteiger partial charge in [-0.3, -0.25) is 0 Å². The minimum atomic E-state index is -3.30. The molecular weight excluding hydrogens is 446 g/mol. The molecule has 0 spiro atoms. The summed E-state index contributed by atoms with van der Waals surface area (Å²) < 4.78 is 29.6. The number of pyridine rings is 1. The van der Waals surface area contributed by atoms with Gasteiger partial charge in [-0.15, -0.1) is 11.3 Å². The highest BCUT2D eigenvalue weighted by Gasteiger charge is 2.21. The van der Waals surface area contributed by atoms with Crippen LogP contribution in [0.25, 0.3) is 32.0 Å². The van der Waals surface area contributed by atoms with Gasteiger partial charge < -0.3 is 15.4 Å². The van der Waals surface area contributed by atoms with Crippen LogP contribution in [-0.4, -0.2) is 55.9 Å². The average Bonchev–Trinajstić information content (AvgIpc) is 3.23. The maximum Gasteiger partial charge on any atom is 0.175 e. The standard InChI is InChI=1S/C22H21N5O3S2/c1-32(28,29)16-4-2-3-14(11-16)18-12-17-21(27-7-9-30-10-8-27)25-20(26-22(17)31-18)15-5-6-19(23)24-13-15/h2-6,11-13H,7-10H2,1H3,(H2,23,24). The van der Waals surface area contributed by atoms with Crippen LogP contribution in [0.1, 0.15) is 0 Å². The molecule has 1 saturated heterocycles. The maximum absolute atomic E-state index is 12.0. The lowest BCUT2D eigenvalue weighted by Crippen LogP contribution is -2.37. The Hall–Kier alpha value is -3.08. The van der Waals surface area contributed by atoms with Crippen LogP contribution in [0.5, 0.6) is 0 Å². The predicted octanol–water partition coefficient (Wildman–Crippen LogP) is 3.24. The third-order valence-corrected chi connectivity index (χ3v) is 7.46. The summed E-state index contributed by atoms with van der Waals surface area (Å²) in [6, 6.07) is 12.6. The van der Waals surface area contributed by atoms with Gasteiger partial charge in [0.25, 0.3) is 0 Å². The quantitative estimate of drug-likeness (QED) is 0.487. The molecule has 2 N–H and O–H groups in total. The Morgan fingerprint density at radius 3 is 2.59 bits per heavy atom. The number of hydrogen-bond donors (Lipinski definition) is 1. The zero-order chi connectivity index (χ0) is 22.3. The van der Waals surface area contributed by atoms with Crippen LogP contribution in [0.4, 0.5) is 11.6 Å². The summed E-state index contributed by atoms with van der Waals surface area (Å²) in [6.07, 6.45) is 2.88. The van der Waals surface area contributed by atoms with Crippen LogP contribution in [-0.2, 0) is 14.6 Å². The van der Waals surface area contributed by atoms with E-state index in [1.165, 1.54) is 17.6 Å². The van der Waals surface area contributed by atoms with Gasteiger partial charge >= 0.3 is 0 Å². The molecule has 8 nitrogen and oxygen atoms in total. The molecule has 4 aromatic rings. The van der Waals surface area contributed by atoms with Crippen molar-refractivity contribution in [3.63, 3.8) is 0 Å². The number of hydrogen-bond acceptors (Lipinski definition) is 9. The summed E-state index contributed by atoms with van der Waals surface area (Å²) in [6.45, 7) is 2.75. The maximum atomic E-state index is 12.0. The minimum absolute atomic E-state index is 0.292. The van der Waals surface area contributed by atoms with E-state index in [1.807, 2.05) is 18.2 Å². The summed E-state index contributed by atoms with van der Waals surface area (Å²) >= 11 is 1.51. The lowest BCUT2D eigenvalue weighted by molar-refractivity contribution is 0.122. The second-order valence-corrected chi connectivity index (χ2v) is 10.6. The van der Waals surface area contributed by atoms with Crippen LogP contribution in [0.3, 0.4) is 0 Å². The second kappa shape index (κ2) is 8.12. The van der Waals surface area contributed by atoms with E-state index in [4.69, 9.17) is 20.4 Å². The first-order valence-electron chi connectivity index (χ1n) is 10.1. The third kappa shape index (κ3) is 4.04. The molecule has 1 aliphatic rings. The molecule has 4 heterocycles. The smallest absolute Gasteiger partial charge is 0.175 e. The molecular formula is C22H21N5O3S2. The van der Waals surface area contributed by atoms with Crippen molar-refractivity contribution in [1.82, 2.24) is 15.0 Å². The summed E-state index contributed by atoms with van der Waals surface area (Å²) in [5.74, 6) is 1.85. The second-order valence-electron chi connectivity index (χ2n) is 7.57. The minimum Gasteiger partial charge on any atom is -0.384 e. The number of benzene rings is 1. The fourth-order valence-corrected chi connectivity index (χ4v) is 5.30. The number of rotatable bonds is 4. The van der Waals surface area contributed by atoms with Crippen molar-refractivity contribution >= 4 is 43.0 Å². The van der Waals surface area contributed by atoms with Gasteiger partial charge in [0, 0.05) is 36.0 Å². The van der Waals surface area contributed by atoms with Crippen molar-refractivity contribution in [2.24, 2.45) is 0 Å². The topological polar surface area (TPSA) is 111 Å². The van der Waals surface area contributed by atoms with E-state index in [1.54, 1.807) is 30.5 Å². The van der Waals surface area contributed by atoms with E-state index in [0.29, 0.717) is 29.8 Å². The zero-order valence-electron chi connectivity index (χ0n) is 17.4. The number of nitrogen functional groups attached to an aromatic ring is 1. The summed E-state index contributed by atoms with van der Waals surface area (Å²) in [7, 11) is -3.30. The summed E-state index contributed by atoms with van der Waals surface area (Å²) in [4.78, 5) is 18.1. The number of ether oxygens (including phenoxy) is 1. The van der Waals surface area contributed by atoms with Crippen LogP contribution < -0.4 is 10.6 Å². The highest BCUT2D eigenvalue weighted by Crippen LogP contribution is 2.38. The zero-order valence-corrected chi connectivity index (χ0v) is 19.0. The molecule has 164 valence electrons. The van der Waals surface area contributed by atoms with Gasteiger partial charge in [-0.1, -0.05) is 12.1 Å². The van der Waals surface area contributed by atoms with E-state index in [9.17, 15) is 8.42 Å². The first-order chi connectivity index (χ1) is 15.4. The molecule has 32 heavy (non-hydrogen) atoms. The number of thiophene rings is 1. The summed E-state index contributed by atoms with van der Waals surface area (Å²) in [5, 5.41) is 0.934. The van der Waals surface area contributed by atoms with E-state index >= 15 is 0 Å². The molecule has 5 rings (SSSR count). The molecule has 0 amide bonds. The van der Waals surface area contributed by atoms with E-state index in [0.717, 1.165) is 45.1 Å². The largest absolute Gasteiger partial charge is 0.384 e. The number of morpholine rings is 1. The van der Waals surface area contributed by atoms with Crippen molar-refractivity contribution in [2.45, 2.75) is 4.90 Å². The molecule has 0 bridgehead atoms. The Labute approximate surface area is 189 Å². The van der Waals surface area contributed by atoms with Gasteiger partial charge in [-0.05, 0) is 35.9 Å². The molecule has 0 atom stereocenters. The molecule has 0 radical (unpaired) electrons. The van der Waals surface area contributed by atoms with Crippen molar-refractivity contribution in [3.8, 4) is 21.8 Å². The van der Waals surface area contributed by atoms with E-state index in [2.05, 4.69) is 9.88 Å². The van der Waals surface area contributed by atoms with Gasteiger partial charge in [-0.25, -0.2) is 23.4 Å². The van der Waals surface area contributed by atoms with Gasteiger partial charge in [0.05, 0.1) is 23.5 Å². The molecule has 10 heteroatoms. The van der Waals surface area contributed by atoms with Crippen LogP contribution in [0.15, 0.2) is 53.6 Å². The highest BCUT2D eigenvalue weighted by atomic mass is 32.2. The number of anilines is 2. The first-order valence-corrected chi connectivity index (χ1v) is 12.8. The fraction of sp³-hybridized carbons (Fsp3) is 0.227. The van der Waals surface area contributed by atoms with Crippen LogP contribution >= 0.6 is 11.3 Å². The SMILES string of the molecule is CS(=O)(=O)c1cccc(-c2cc3c(N4CCOCC4)nc(-c4ccc(N)nc4)nc3s2)c1. The molecule has 1 fully saturated rings. The Bertz CT molecular complexity index is 1400. The Morgan fingerprint density at radius 2 is 1.88 bits per heavy atom. The Kier molecular flexibility index (Phi) is 5.28. The monoisotopic (exact) mass is 467 g/mol. The number of fused-ring (bicyclic) bond motifs is 1. The number of aromatic nitrogens is 3. The fourth-order valence-electron chi connectivity index (χ4n) is 3.61. The summed E-state index contributed by atoms with van der Waals surface area (Å²) in [5.41, 5.74) is 7.35. The van der Waals surface area contributed by atoms with Crippen LogP contribution in [0, 0.1) is 0 Å². The molecule has 0 aliphatic carbocycles. The number of nitrogens with zero attached hydrogens (tertiary/aromatic N) is 4. The lowest BCUT2D eigenvalue weighted by Gasteiger charge is -2.28. The number of sulfone groups is 1. The Morgan fingerprint density at radius 1 is 1.06 bits per heavy atom. The molecule has 0 saturated carbocycles. The number of nitrogens with two attached hydrogens (primary N) is 1. The van der Waals surface area contributed by atoms with Crippen molar-refractivity contribution in [3.05, 3.63) is 48.7 Å². The Balaban J connectivity index is 1.67. The third-order valence-electron chi connectivity index (χ3n) is 5.27. The van der Waals surface area contributed by atoms with E-state index in [-0.39, 0.29) is 0 Å². The van der Waals surface area contributed by atoms with E-state index < -0.39 is 9.84 Å². The van der Waals surface area contributed by atoms with Gasteiger partial charge in [0.2, 0.25) is 0 Å². The van der Waals surface area contributed by atoms with Gasteiger partial charge in [0.1, 0.15) is 16.5 Å². The average molecular weight is 468 g/mol. The predicted molar refractivity (Wildman–Crippen MR) is 127 cm³/mol. The first kappa shape index (κ1) is 20.8. The highest BCUT2D eigenvalue weighted by molar-refractivity contribution is 7.90. The van der Waals surface area contributed by atoms with Gasteiger partial charge in [0.15, 0.2) is 15.7 Å². The van der Waals surface area contributed by atoms with Crippen molar-refractivity contribution in [2.75, 3.05) is 43.2 Å². The molecule has 0 unspecified atom stereocenters. The lowest BCUT2D eigenvalue weighted by atomic mass is 10.1. The van der Waals surface area contributed by atoms with Crippen molar-refractivity contribution in [1.29, 1.82) is 0 Å². The molecule has 3 aromatic heterocycles. The molecule has 1 aliphatic heterocycles. The normalized spacial score (nSPS) is 14.7. The molecule has 1 aromatic carbocycles. The van der Waals surface area contributed by atoms with Gasteiger partial charge in [-0.2, -0.15) is 0 Å². The van der Waals surface area contributed by atoms with Crippen molar-refractivity contribution < 1.29 is 13.2 Å².